The summed E-state index contributed by atoms with van der Waals surface area (Å²) in [6.07, 6.45) is 10.1. The molecule has 4 rings (SSSR count). The van der Waals surface area contributed by atoms with Crippen molar-refractivity contribution in [2.45, 2.75) is 38.3 Å². The lowest BCUT2D eigenvalue weighted by Gasteiger charge is -2.39. The third-order valence-electron chi connectivity index (χ3n) is 4.73. The van der Waals surface area contributed by atoms with Crippen LogP contribution >= 0.6 is 0 Å². The highest BCUT2D eigenvalue weighted by Crippen LogP contribution is 2.24. The van der Waals surface area contributed by atoms with Crippen molar-refractivity contribution >= 4 is 5.91 Å². The van der Waals surface area contributed by atoms with Crippen molar-refractivity contribution in [1.82, 2.24) is 24.9 Å². The zero-order chi connectivity index (χ0) is 16.4. The van der Waals surface area contributed by atoms with Gasteiger partial charge >= 0.3 is 0 Å². The summed E-state index contributed by atoms with van der Waals surface area (Å²) in [7, 11) is 0. The molecule has 0 aromatic carbocycles. The first kappa shape index (κ1) is 15.1. The Labute approximate surface area is 140 Å². The van der Waals surface area contributed by atoms with E-state index in [1.807, 2.05) is 21.8 Å². The van der Waals surface area contributed by atoms with Crippen LogP contribution in [-0.4, -0.2) is 50.0 Å². The van der Waals surface area contributed by atoms with Gasteiger partial charge in [-0.3, -0.25) is 9.48 Å². The van der Waals surface area contributed by atoms with Gasteiger partial charge < -0.3 is 9.64 Å². The fraction of sp³-hybridized carbons (Fsp3) is 0.529. The number of rotatable bonds is 5. The molecule has 0 spiro atoms. The van der Waals surface area contributed by atoms with Gasteiger partial charge in [0.15, 0.2) is 0 Å². The smallest absolute Gasteiger partial charge is 0.255 e. The van der Waals surface area contributed by atoms with Crippen LogP contribution in [0.2, 0.25) is 0 Å². The summed E-state index contributed by atoms with van der Waals surface area (Å²) in [5.74, 6) is 1.09. The molecule has 1 saturated heterocycles. The average molecular weight is 327 g/mol. The highest BCUT2D eigenvalue weighted by atomic mass is 16.5. The van der Waals surface area contributed by atoms with Gasteiger partial charge in [-0.15, -0.1) is 5.10 Å². The number of pyridine rings is 1. The number of nitrogens with zero attached hydrogens (tertiary/aromatic N) is 5. The fourth-order valence-corrected chi connectivity index (χ4v) is 3.38. The predicted molar refractivity (Wildman–Crippen MR) is 86.5 cm³/mol. The third-order valence-corrected chi connectivity index (χ3v) is 4.73. The van der Waals surface area contributed by atoms with Crippen LogP contribution in [0.4, 0.5) is 0 Å². The SMILES string of the molecule is O=C(c1ccc(OC2CCCC2)nc1)N1CC(Cn2ccnn2)C1. The first-order valence-corrected chi connectivity index (χ1v) is 8.54. The van der Waals surface area contributed by atoms with Gasteiger partial charge in [-0.05, 0) is 31.7 Å². The molecule has 1 aliphatic carbocycles. The lowest BCUT2D eigenvalue weighted by molar-refractivity contribution is 0.0460. The summed E-state index contributed by atoms with van der Waals surface area (Å²) < 4.78 is 7.64. The predicted octanol–water partition coefficient (Wildman–Crippen LogP) is 1.77. The molecular formula is C17H21N5O2. The van der Waals surface area contributed by atoms with Crippen LogP contribution < -0.4 is 4.74 Å². The molecule has 0 atom stereocenters. The molecule has 0 N–H and O–H groups in total. The maximum Gasteiger partial charge on any atom is 0.255 e. The number of hydrogen-bond acceptors (Lipinski definition) is 5. The van der Waals surface area contributed by atoms with Crippen LogP contribution in [0, 0.1) is 5.92 Å². The molecule has 1 amide bonds. The molecule has 0 radical (unpaired) electrons. The minimum absolute atomic E-state index is 0.0322. The molecule has 126 valence electrons. The zero-order valence-corrected chi connectivity index (χ0v) is 13.5. The van der Waals surface area contributed by atoms with E-state index in [1.165, 1.54) is 12.8 Å². The molecule has 24 heavy (non-hydrogen) atoms. The second-order valence-electron chi connectivity index (χ2n) is 6.61. The molecule has 2 aromatic rings. The second-order valence-corrected chi connectivity index (χ2v) is 6.61. The maximum atomic E-state index is 12.4. The van der Waals surface area contributed by atoms with Crippen LogP contribution in [0.25, 0.3) is 0 Å². The normalized spacial score (nSPS) is 18.6. The van der Waals surface area contributed by atoms with Gasteiger partial charge in [-0.1, -0.05) is 5.21 Å². The largest absolute Gasteiger partial charge is 0.474 e. The minimum atomic E-state index is 0.0322. The summed E-state index contributed by atoms with van der Waals surface area (Å²) in [5, 5.41) is 7.75. The summed E-state index contributed by atoms with van der Waals surface area (Å²) in [6.45, 7) is 2.30. The summed E-state index contributed by atoms with van der Waals surface area (Å²) in [6, 6.07) is 3.61. The van der Waals surface area contributed by atoms with Crippen molar-refractivity contribution in [1.29, 1.82) is 0 Å². The first-order chi connectivity index (χ1) is 11.8. The number of amides is 1. The number of likely N-dealkylation sites (tertiary alicyclic amines) is 1. The number of hydrogen-bond donors (Lipinski definition) is 0. The van der Waals surface area contributed by atoms with Gasteiger partial charge in [0.1, 0.15) is 6.10 Å². The Balaban J connectivity index is 1.29. The van der Waals surface area contributed by atoms with Crippen molar-refractivity contribution in [3.05, 3.63) is 36.3 Å². The molecule has 7 nitrogen and oxygen atoms in total. The molecular weight excluding hydrogens is 306 g/mol. The van der Waals surface area contributed by atoms with Crippen molar-refractivity contribution < 1.29 is 9.53 Å². The van der Waals surface area contributed by atoms with E-state index in [9.17, 15) is 4.79 Å². The Morgan fingerprint density at radius 2 is 2.08 bits per heavy atom. The zero-order valence-electron chi connectivity index (χ0n) is 13.5. The van der Waals surface area contributed by atoms with Gasteiger partial charge in [-0.2, -0.15) is 0 Å². The lowest BCUT2D eigenvalue weighted by atomic mass is 9.99. The third kappa shape index (κ3) is 3.25. The molecule has 3 heterocycles. The van der Waals surface area contributed by atoms with Gasteiger partial charge in [0.05, 0.1) is 11.8 Å². The molecule has 7 heteroatoms. The fourth-order valence-electron chi connectivity index (χ4n) is 3.38. The summed E-state index contributed by atoms with van der Waals surface area (Å²) >= 11 is 0. The second kappa shape index (κ2) is 6.59. The Bertz CT molecular complexity index is 674. The Morgan fingerprint density at radius 3 is 2.75 bits per heavy atom. The molecule has 1 saturated carbocycles. The standard InChI is InChI=1S/C17H21N5O2/c23-17(21-10-13(11-21)12-22-8-7-19-20-22)14-5-6-16(18-9-14)24-15-3-1-2-4-15/h5-9,13,15H,1-4,10-12H2. The molecule has 1 aliphatic heterocycles. The van der Waals surface area contributed by atoms with Crippen LogP contribution in [-0.2, 0) is 6.54 Å². The number of carbonyl (C=O) groups excluding carboxylic acids is 1. The van der Waals surface area contributed by atoms with Gasteiger partial charge in [0, 0.05) is 44.0 Å². The minimum Gasteiger partial charge on any atom is -0.474 e. The van der Waals surface area contributed by atoms with E-state index in [0.717, 1.165) is 32.5 Å². The monoisotopic (exact) mass is 327 g/mol. The van der Waals surface area contributed by atoms with E-state index in [-0.39, 0.29) is 12.0 Å². The Kier molecular flexibility index (Phi) is 4.15. The van der Waals surface area contributed by atoms with Crippen molar-refractivity contribution in [2.75, 3.05) is 13.1 Å². The topological polar surface area (TPSA) is 73.1 Å². The van der Waals surface area contributed by atoms with Crippen molar-refractivity contribution in [3.8, 4) is 5.88 Å². The lowest BCUT2D eigenvalue weighted by Crippen LogP contribution is -2.51. The number of carbonyl (C=O) groups is 1. The maximum absolute atomic E-state index is 12.4. The van der Waals surface area contributed by atoms with Crippen molar-refractivity contribution in [2.24, 2.45) is 5.92 Å². The van der Waals surface area contributed by atoms with Crippen LogP contribution in [0.15, 0.2) is 30.7 Å². The Morgan fingerprint density at radius 1 is 1.25 bits per heavy atom. The highest BCUT2D eigenvalue weighted by Gasteiger charge is 2.31. The Hall–Kier alpha value is -2.44. The number of aromatic nitrogens is 4. The van der Waals surface area contributed by atoms with Gasteiger partial charge in [0.2, 0.25) is 5.88 Å². The summed E-state index contributed by atoms with van der Waals surface area (Å²) in [5.41, 5.74) is 0.618. The van der Waals surface area contributed by atoms with Gasteiger partial charge in [0.25, 0.3) is 5.91 Å². The molecule has 0 unspecified atom stereocenters. The van der Waals surface area contributed by atoms with Crippen LogP contribution in [0.3, 0.4) is 0 Å². The van der Waals surface area contributed by atoms with E-state index in [4.69, 9.17) is 4.74 Å². The molecule has 2 aliphatic rings. The van der Waals surface area contributed by atoms with Crippen LogP contribution in [0.1, 0.15) is 36.0 Å². The van der Waals surface area contributed by atoms with E-state index < -0.39 is 0 Å². The average Bonchev–Trinajstić information content (AvgIpc) is 3.24. The first-order valence-electron chi connectivity index (χ1n) is 8.54. The van der Waals surface area contributed by atoms with E-state index in [2.05, 4.69) is 15.3 Å². The highest BCUT2D eigenvalue weighted by molar-refractivity contribution is 5.94. The molecule has 2 fully saturated rings. The van der Waals surface area contributed by atoms with E-state index in [1.54, 1.807) is 18.5 Å². The number of ether oxygens (including phenoxy) is 1. The quantitative estimate of drug-likeness (QED) is 0.837. The summed E-state index contributed by atoms with van der Waals surface area (Å²) in [4.78, 5) is 18.6. The molecule has 0 bridgehead atoms. The van der Waals surface area contributed by atoms with Gasteiger partial charge in [-0.25, -0.2) is 4.98 Å². The van der Waals surface area contributed by atoms with Crippen LogP contribution in [0.5, 0.6) is 5.88 Å². The van der Waals surface area contributed by atoms with E-state index >= 15 is 0 Å². The molecule has 2 aromatic heterocycles. The van der Waals surface area contributed by atoms with Crippen molar-refractivity contribution in [3.63, 3.8) is 0 Å². The van der Waals surface area contributed by atoms with E-state index in [0.29, 0.717) is 17.4 Å².